The Morgan fingerprint density at radius 3 is 2.35 bits per heavy atom. The molecular formula is C19H23NO5S. The molecule has 6 nitrogen and oxygen atoms in total. The van der Waals surface area contributed by atoms with E-state index in [1.54, 1.807) is 12.1 Å². The van der Waals surface area contributed by atoms with Crippen LogP contribution >= 0.6 is 0 Å². The van der Waals surface area contributed by atoms with Gasteiger partial charge < -0.3 is 14.2 Å². The maximum absolute atomic E-state index is 12.9. The van der Waals surface area contributed by atoms with Crippen molar-refractivity contribution < 1.29 is 22.6 Å². The minimum atomic E-state index is -3.65. The van der Waals surface area contributed by atoms with Gasteiger partial charge in [0, 0.05) is 19.2 Å². The average Bonchev–Trinajstić information content (AvgIpc) is 2.61. The van der Waals surface area contributed by atoms with Crippen LogP contribution in [0.5, 0.6) is 11.5 Å². The van der Waals surface area contributed by atoms with Gasteiger partial charge in [0.05, 0.1) is 26.9 Å². The van der Waals surface area contributed by atoms with E-state index in [0.717, 1.165) is 5.56 Å². The molecule has 26 heavy (non-hydrogen) atoms. The van der Waals surface area contributed by atoms with Crippen molar-refractivity contribution in [3.8, 4) is 11.5 Å². The van der Waals surface area contributed by atoms with E-state index in [1.165, 1.54) is 30.2 Å². The van der Waals surface area contributed by atoms with Crippen LogP contribution in [0.25, 0.3) is 0 Å². The van der Waals surface area contributed by atoms with E-state index in [2.05, 4.69) is 0 Å². The number of ether oxygens (including phenoxy) is 3. The van der Waals surface area contributed by atoms with Gasteiger partial charge in [-0.15, -0.1) is 0 Å². The monoisotopic (exact) mass is 377 g/mol. The summed E-state index contributed by atoms with van der Waals surface area (Å²) in [5, 5.41) is 0. The molecule has 1 fully saturated rings. The van der Waals surface area contributed by atoms with Crippen LogP contribution in [0.1, 0.15) is 11.1 Å². The third-order valence-electron chi connectivity index (χ3n) is 4.41. The second-order valence-corrected chi connectivity index (χ2v) is 8.16. The van der Waals surface area contributed by atoms with Gasteiger partial charge in [-0.25, -0.2) is 8.42 Å². The molecule has 3 rings (SSSR count). The molecule has 0 radical (unpaired) electrons. The minimum Gasteiger partial charge on any atom is -0.497 e. The fourth-order valence-electron chi connectivity index (χ4n) is 2.73. The molecule has 140 valence electrons. The normalized spacial score (nSPS) is 15.5. The average molecular weight is 377 g/mol. The first-order chi connectivity index (χ1) is 12.4. The molecule has 1 saturated heterocycles. The van der Waals surface area contributed by atoms with Gasteiger partial charge in [0.15, 0.2) is 0 Å². The molecule has 0 saturated carbocycles. The number of methoxy groups -OCH3 is 2. The predicted molar refractivity (Wildman–Crippen MR) is 98.1 cm³/mol. The molecule has 0 bridgehead atoms. The van der Waals surface area contributed by atoms with Gasteiger partial charge in [-0.1, -0.05) is 29.8 Å². The fraction of sp³-hybridized carbons (Fsp3) is 0.368. The van der Waals surface area contributed by atoms with Crippen LogP contribution in [0, 0.1) is 6.92 Å². The highest BCUT2D eigenvalue weighted by Crippen LogP contribution is 2.33. The molecule has 0 unspecified atom stereocenters. The molecule has 2 aromatic carbocycles. The fourth-order valence-corrected chi connectivity index (χ4v) is 4.40. The summed E-state index contributed by atoms with van der Waals surface area (Å²) in [5.41, 5.74) is 2.27. The number of hydrogen-bond donors (Lipinski definition) is 0. The second-order valence-electron chi connectivity index (χ2n) is 6.26. The van der Waals surface area contributed by atoms with Gasteiger partial charge in [-0.3, -0.25) is 0 Å². The van der Waals surface area contributed by atoms with Crippen LogP contribution < -0.4 is 9.47 Å². The third kappa shape index (κ3) is 3.85. The molecule has 1 aliphatic heterocycles. The van der Waals surface area contributed by atoms with Crippen LogP contribution in [0.4, 0.5) is 0 Å². The maximum atomic E-state index is 12.9. The molecule has 1 heterocycles. The summed E-state index contributed by atoms with van der Waals surface area (Å²) in [6.45, 7) is 3.16. The molecule has 0 spiro atoms. The van der Waals surface area contributed by atoms with Crippen molar-refractivity contribution in [2.45, 2.75) is 24.5 Å². The van der Waals surface area contributed by atoms with E-state index < -0.39 is 10.0 Å². The van der Waals surface area contributed by atoms with E-state index in [-0.39, 0.29) is 11.0 Å². The van der Waals surface area contributed by atoms with E-state index in [4.69, 9.17) is 14.2 Å². The first-order valence-electron chi connectivity index (χ1n) is 8.33. The van der Waals surface area contributed by atoms with Gasteiger partial charge >= 0.3 is 0 Å². The number of sulfonamides is 1. The predicted octanol–water partition coefficient (Wildman–Crippen LogP) is 2.60. The third-order valence-corrected chi connectivity index (χ3v) is 6.26. The minimum absolute atomic E-state index is 0.108. The lowest BCUT2D eigenvalue weighted by Gasteiger charge is -2.37. The lowest BCUT2D eigenvalue weighted by molar-refractivity contribution is -0.0296. The summed E-state index contributed by atoms with van der Waals surface area (Å²) < 4.78 is 43.2. The first kappa shape index (κ1) is 18.7. The molecule has 2 aromatic rings. The molecule has 7 heteroatoms. The molecule has 0 amide bonds. The summed E-state index contributed by atoms with van der Waals surface area (Å²) in [6.07, 6.45) is -0.109. The van der Waals surface area contributed by atoms with Crippen molar-refractivity contribution in [2.24, 2.45) is 0 Å². The van der Waals surface area contributed by atoms with E-state index in [9.17, 15) is 8.42 Å². The SMILES string of the molecule is COc1ccc(OC)c(S(=O)(=O)N2CC(OCc3ccc(C)cc3)C2)c1. The molecule has 0 aromatic heterocycles. The van der Waals surface area contributed by atoms with Crippen LogP contribution in [-0.4, -0.2) is 46.1 Å². The smallest absolute Gasteiger partial charge is 0.247 e. The van der Waals surface area contributed by atoms with Gasteiger partial charge in [0.25, 0.3) is 0 Å². The zero-order valence-corrected chi connectivity index (χ0v) is 16.0. The lowest BCUT2D eigenvalue weighted by Crippen LogP contribution is -2.54. The van der Waals surface area contributed by atoms with E-state index in [0.29, 0.717) is 31.2 Å². The first-order valence-corrected chi connectivity index (χ1v) is 9.77. The Hall–Kier alpha value is -2.09. The van der Waals surface area contributed by atoms with Crippen molar-refractivity contribution in [2.75, 3.05) is 27.3 Å². The Balaban J connectivity index is 1.63. The summed E-state index contributed by atoms with van der Waals surface area (Å²) in [6, 6.07) is 12.8. The number of nitrogens with zero attached hydrogens (tertiary/aromatic N) is 1. The standard InChI is InChI=1S/C19H23NO5S/c1-14-4-6-15(7-5-14)13-25-17-11-20(12-17)26(21,22)19-10-16(23-2)8-9-18(19)24-3/h4-10,17H,11-13H2,1-3H3. The van der Waals surface area contributed by atoms with Gasteiger partial charge in [0.1, 0.15) is 16.4 Å². The van der Waals surface area contributed by atoms with Gasteiger partial charge in [-0.05, 0) is 24.6 Å². The highest BCUT2D eigenvalue weighted by molar-refractivity contribution is 7.89. The molecular weight excluding hydrogens is 354 g/mol. The van der Waals surface area contributed by atoms with Crippen molar-refractivity contribution in [1.82, 2.24) is 4.31 Å². The summed E-state index contributed by atoms with van der Waals surface area (Å²) in [7, 11) is -0.705. The van der Waals surface area contributed by atoms with Gasteiger partial charge in [-0.2, -0.15) is 4.31 Å². The summed E-state index contributed by atoms with van der Waals surface area (Å²) >= 11 is 0. The largest absolute Gasteiger partial charge is 0.497 e. The zero-order valence-electron chi connectivity index (χ0n) is 15.1. The van der Waals surface area contributed by atoms with E-state index in [1.807, 2.05) is 31.2 Å². The Morgan fingerprint density at radius 2 is 1.73 bits per heavy atom. The van der Waals surface area contributed by atoms with E-state index >= 15 is 0 Å². The molecule has 0 aliphatic carbocycles. The van der Waals surface area contributed by atoms with Crippen LogP contribution in [0.3, 0.4) is 0 Å². The Kier molecular flexibility index (Phi) is 5.50. The Labute approximate surface area is 154 Å². The van der Waals surface area contributed by atoms with Crippen LogP contribution in [0.2, 0.25) is 0 Å². The zero-order chi connectivity index (χ0) is 18.7. The summed E-state index contributed by atoms with van der Waals surface area (Å²) in [5.74, 6) is 0.770. The highest BCUT2D eigenvalue weighted by Gasteiger charge is 2.39. The van der Waals surface area contributed by atoms with Crippen molar-refractivity contribution in [3.63, 3.8) is 0 Å². The lowest BCUT2D eigenvalue weighted by atomic mass is 10.1. The van der Waals surface area contributed by atoms with Crippen molar-refractivity contribution in [3.05, 3.63) is 53.6 Å². The topological polar surface area (TPSA) is 65.1 Å². The second kappa shape index (κ2) is 7.65. The number of aryl methyl sites for hydroxylation is 1. The quantitative estimate of drug-likeness (QED) is 0.742. The number of benzene rings is 2. The van der Waals surface area contributed by atoms with Crippen molar-refractivity contribution >= 4 is 10.0 Å². The Bertz CT molecular complexity index is 858. The number of rotatable bonds is 7. The highest BCUT2D eigenvalue weighted by atomic mass is 32.2. The maximum Gasteiger partial charge on any atom is 0.247 e. The molecule has 1 aliphatic rings. The molecule has 0 atom stereocenters. The van der Waals surface area contributed by atoms with Crippen LogP contribution in [0.15, 0.2) is 47.4 Å². The summed E-state index contributed by atoms with van der Waals surface area (Å²) in [4.78, 5) is 0.108. The Morgan fingerprint density at radius 1 is 1.04 bits per heavy atom. The van der Waals surface area contributed by atoms with Crippen molar-refractivity contribution in [1.29, 1.82) is 0 Å². The van der Waals surface area contributed by atoms with Crippen LogP contribution in [-0.2, 0) is 21.4 Å². The molecule has 0 N–H and O–H groups in total. The number of hydrogen-bond acceptors (Lipinski definition) is 5. The van der Waals surface area contributed by atoms with Gasteiger partial charge in [0.2, 0.25) is 10.0 Å².